The first-order chi connectivity index (χ1) is 10.9. The van der Waals surface area contributed by atoms with Gasteiger partial charge < -0.3 is 10.6 Å². The zero-order valence-electron chi connectivity index (χ0n) is 13.5. The molecule has 1 aliphatic rings. The van der Waals surface area contributed by atoms with E-state index in [1.165, 1.54) is 8.61 Å². The van der Waals surface area contributed by atoms with E-state index in [2.05, 4.69) is 10.6 Å². The Bertz CT molecular complexity index is 594. The summed E-state index contributed by atoms with van der Waals surface area (Å²) in [6, 6.07) is 3.75. The summed E-state index contributed by atoms with van der Waals surface area (Å²) in [5.41, 5.74) is 0. The van der Waals surface area contributed by atoms with Crippen molar-refractivity contribution in [3.63, 3.8) is 0 Å². The van der Waals surface area contributed by atoms with E-state index in [0.29, 0.717) is 32.1 Å². The van der Waals surface area contributed by atoms with Gasteiger partial charge in [0.05, 0.1) is 6.54 Å². The van der Waals surface area contributed by atoms with Gasteiger partial charge in [0.15, 0.2) is 0 Å². The molecule has 0 aromatic carbocycles. The maximum Gasteiger partial charge on any atom is 0.315 e. The van der Waals surface area contributed by atoms with Gasteiger partial charge in [-0.2, -0.15) is 17.0 Å². The molecule has 1 aromatic heterocycles. The van der Waals surface area contributed by atoms with Gasteiger partial charge in [-0.15, -0.1) is 11.3 Å². The SMILES string of the molecule is CN(C)S(=O)(=O)N1CCC(CNC(=O)NCc2cccs2)CC1. The number of carbonyl (C=O) groups excluding carboxylic acids is 1. The average molecular weight is 361 g/mol. The van der Waals surface area contributed by atoms with Gasteiger partial charge in [0.1, 0.15) is 0 Å². The Morgan fingerprint density at radius 1 is 1.35 bits per heavy atom. The third-order valence-corrected chi connectivity index (χ3v) is 6.73. The Morgan fingerprint density at radius 3 is 2.61 bits per heavy atom. The fourth-order valence-electron chi connectivity index (χ4n) is 2.46. The first-order valence-electron chi connectivity index (χ1n) is 7.61. The molecule has 2 rings (SSSR count). The number of hydrogen-bond donors (Lipinski definition) is 2. The Labute approximate surface area is 141 Å². The lowest BCUT2D eigenvalue weighted by Gasteiger charge is -2.32. The minimum Gasteiger partial charge on any atom is -0.338 e. The van der Waals surface area contributed by atoms with Crippen molar-refractivity contribution < 1.29 is 13.2 Å². The Hall–Kier alpha value is -1.16. The number of thiophene rings is 1. The minimum absolute atomic E-state index is 0.179. The first kappa shape index (κ1) is 18.2. The summed E-state index contributed by atoms with van der Waals surface area (Å²) < 4.78 is 26.8. The molecule has 2 heterocycles. The molecule has 0 spiro atoms. The molecule has 0 atom stereocenters. The van der Waals surface area contributed by atoms with Gasteiger partial charge in [-0.05, 0) is 30.2 Å². The number of amides is 2. The second kappa shape index (κ2) is 8.09. The van der Waals surface area contributed by atoms with Crippen molar-refractivity contribution in [2.45, 2.75) is 19.4 Å². The molecule has 7 nitrogen and oxygen atoms in total. The molecule has 0 saturated carbocycles. The maximum atomic E-state index is 12.0. The van der Waals surface area contributed by atoms with Crippen LogP contribution in [0.5, 0.6) is 0 Å². The van der Waals surface area contributed by atoms with Gasteiger partial charge in [0.25, 0.3) is 10.2 Å². The number of hydrogen-bond acceptors (Lipinski definition) is 4. The van der Waals surface area contributed by atoms with Crippen LogP contribution >= 0.6 is 11.3 Å². The van der Waals surface area contributed by atoms with Crippen LogP contribution in [-0.2, 0) is 16.8 Å². The fraction of sp³-hybridized carbons (Fsp3) is 0.643. The summed E-state index contributed by atoms with van der Waals surface area (Å²) >= 11 is 1.61. The number of rotatable bonds is 6. The predicted molar refractivity (Wildman–Crippen MR) is 91.5 cm³/mol. The molecule has 0 unspecified atom stereocenters. The van der Waals surface area contributed by atoms with E-state index in [4.69, 9.17) is 0 Å². The highest BCUT2D eigenvalue weighted by Crippen LogP contribution is 2.19. The van der Waals surface area contributed by atoms with Gasteiger partial charge in [0.2, 0.25) is 0 Å². The molecule has 0 aliphatic carbocycles. The summed E-state index contributed by atoms with van der Waals surface area (Å²) in [6.45, 7) is 2.11. The van der Waals surface area contributed by atoms with Gasteiger partial charge in [0, 0.05) is 38.6 Å². The van der Waals surface area contributed by atoms with Gasteiger partial charge in [-0.3, -0.25) is 0 Å². The van der Waals surface area contributed by atoms with Gasteiger partial charge >= 0.3 is 6.03 Å². The molecule has 130 valence electrons. The van der Waals surface area contributed by atoms with Crippen LogP contribution in [0.2, 0.25) is 0 Å². The van der Waals surface area contributed by atoms with E-state index in [9.17, 15) is 13.2 Å². The zero-order chi connectivity index (χ0) is 16.9. The van der Waals surface area contributed by atoms with Crippen molar-refractivity contribution >= 4 is 27.6 Å². The number of nitrogens with zero attached hydrogens (tertiary/aromatic N) is 2. The molecule has 1 aromatic rings. The lowest BCUT2D eigenvalue weighted by Crippen LogP contribution is -2.46. The van der Waals surface area contributed by atoms with E-state index >= 15 is 0 Å². The molecule has 1 aliphatic heterocycles. The summed E-state index contributed by atoms with van der Waals surface area (Å²) in [5.74, 6) is 0.316. The highest BCUT2D eigenvalue weighted by Gasteiger charge is 2.29. The normalized spacial score (nSPS) is 17.3. The van der Waals surface area contributed by atoms with Gasteiger partial charge in [-0.25, -0.2) is 4.79 Å². The van der Waals surface area contributed by atoms with E-state index < -0.39 is 10.2 Å². The van der Waals surface area contributed by atoms with Crippen LogP contribution in [0, 0.1) is 5.92 Å². The minimum atomic E-state index is -3.32. The summed E-state index contributed by atoms with van der Waals surface area (Å²) in [6.07, 6.45) is 1.52. The molecular weight excluding hydrogens is 336 g/mol. The quantitative estimate of drug-likeness (QED) is 0.796. The molecule has 2 amide bonds. The molecule has 1 saturated heterocycles. The van der Waals surface area contributed by atoms with Crippen molar-refractivity contribution in [2.24, 2.45) is 5.92 Å². The molecule has 2 N–H and O–H groups in total. The Morgan fingerprint density at radius 2 is 2.04 bits per heavy atom. The second-order valence-electron chi connectivity index (χ2n) is 5.78. The zero-order valence-corrected chi connectivity index (χ0v) is 15.1. The van der Waals surface area contributed by atoms with Gasteiger partial charge in [-0.1, -0.05) is 6.07 Å². The van der Waals surface area contributed by atoms with Crippen molar-refractivity contribution in [1.29, 1.82) is 0 Å². The topological polar surface area (TPSA) is 81.8 Å². The van der Waals surface area contributed by atoms with Crippen molar-refractivity contribution in [1.82, 2.24) is 19.2 Å². The lowest BCUT2D eigenvalue weighted by atomic mass is 9.98. The molecule has 0 bridgehead atoms. The van der Waals surface area contributed by atoms with Crippen LogP contribution in [-0.4, -0.2) is 56.8 Å². The van der Waals surface area contributed by atoms with Crippen molar-refractivity contribution in [2.75, 3.05) is 33.7 Å². The average Bonchev–Trinajstić information content (AvgIpc) is 3.04. The number of nitrogens with one attached hydrogen (secondary N) is 2. The summed E-state index contributed by atoms with van der Waals surface area (Å²) in [5, 5.41) is 7.66. The lowest BCUT2D eigenvalue weighted by molar-refractivity contribution is 0.229. The largest absolute Gasteiger partial charge is 0.338 e. The van der Waals surface area contributed by atoms with Crippen molar-refractivity contribution in [3.05, 3.63) is 22.4 Å². The first-order valence-corrected chi connectivity index (χ1v) is 9.89. The molecule has 0 radical (unpaired) electrons. The molecule has 1 fully saturated rings. The highest BCUT2D eigenvalue weighted by molar-refractivity contribution is 7.86. The fourth-order valence-corrected chi connectivity index (χ4v) is 4.23. The third kappa shape index (κ3) is 5.17. The third-order valence-electron chi connectivity index (χ3n) is 3.92. The molecule has 23 heavy (non-hydrogen) atoms. The molecule has 9 heteroatoms. The number of piperidine rings is 1. The van der Waals surface area contributed by atoms with E-state index in [-0.39, 0.29) is 6.03 Å². The van der Waals surface area contributed by atoms with Crippen LogP contribution in [0.15, 0.2) is 17.5 Å². The molecular formula is C14H24N4O3S2. The van der Waals surface area contributed by atoms with Crippen LogP contribution in [0.1, 0.15) is 17.7 Å². The van der Waals surface area contributed by atoms with Crippen molar-refractivity contribution in [3.8, 4) is 0 Å². The van der Waals surface area contributed by atoms with E-state index in [1.807, 2.05) is 17.5 Å². The van der Waals surface area contributed by atoms with E-state index in [0.717, 1.165) is 17.7 Å². The number of carbonyl (C=O) groups is 1. The smallest absolute Gasteiger partial charge is 0.315 e. The standard InChI is InChI=1S/C14H24N4O3S2/c1-17(2)23(20,21)18-7-5-12(6-8-18)10-15-14(19)16-11-13-4-3-9-22-13/h3-4,9,12H,5-8,10-11H2,1-2H3,(H2,15,16,19). The van der Waals surface area contributed by atoms with Crippen LogP contribution in [0.4, 0.5) is 4.79 Å². The van der Waals surface area contributed by atoms with Crippen LogP contribution in [0.25, 0.3) is 0 Å². The Balaban J connectivity index is 1.67. The van der Waals surface area contributed by atoms with Crippen LogP contribution < -0.4 is 10.6 Å². The van der Waals surface area contributed by atoms with Crippen LogP contribution in [0.3, 0.4) is 0 Å². The number of urea groups is 1. The summed E-state index contributed by atoms with van der Waals surface area (Å²) in [4.78, 5) is 12.9. The highest BCUT2D eigenvalue weighted by atomic mass is 32.2. The maximum absolute atomic E-state index is 12.0. The monoisotopic (exact) mass is 360 g/mol. The predicted octanol–water partition coefficient (Wildman–Crippen LogP) is 1.07. The summed E-state index contributed by atoms with van der Waals surface area (Å²) in [7, 11) is -0.235. The second-order valence-corrected chi connectivity index (χ2v) is 8.95. The van der Waals surface area contributed by atoms with E-state index in [1.54, 1.807) is 25.4 Å². The Kier molecular flexibility index (Phi) is 6.40.